The number of hydrogen-bond donors (Lipinski definition) is 1. The maximum atomic E-state index is 5.90. The van der Waals surface area contributed by atoms with Crippen molar-refractivity contribution in [3.8, 4) is 17.0 Å². The number of amidine groups is 1. The first-order valence-electron chi connectivity index (χ1n) is 7.78. The van der Waals surface area contributed by atoms with Crippen molar-refractivity contribution in [3.05, 3.63) is 71.5 Å². The van der Waals surface area contributed by atoms with Gasteiger partial charge in [-0.3, -0.25) is 0 Å². The number of hydrogen-bond acceptors (Lipinski definition) is 5. The van der Waals surface area contributed by atoms with Crippen molar-refractivity contribution >= 4 is 5.84 Å². The Morgan fingerprint density at radius 3 is 2.52 bits per heavy atom. The molecule has 6 heteroatoms. The van der Waals surface area contributed by atoms with E-state index in [1.165, 1.54) is 5.56 Å². The summed E-state index contributed by atoms with van der Waals surface area (Å²) in [6.45, 7) is 2.19. The van der Waals surface area contributed by atoms with Gasteiger partial charge in [0.05, 0.1) is 7.11 Å². The highest BCUT2D eigenvalue weighted by Gasteiger charge is 2.07. The molecule has 0 aliphatic heterocycles. The zero-order valence-electron chi connectivity index (χ0n) is 14.1. The van der Waals surface area contributed by atoms with E-state index in [2.05, 4.69) is 10.3 Å². The highest BCUT2D eigenvalue weighted by Crippen LogP contribution is 2.20. The molecule has 0 unspecified atom stereocenters. The van der Waals surface area contributed by atoms with Crippen molar-refractivity contribution < 1.29 is 14.1 Å². The third-order valence-corrected chi connectivity index (χ3v) is 3.66. The van der Waals surface area contributed by atoms with Crippen molar-refractivity contribution in [1.82, 2.24) is 5.16 Å². The lowest BCUT2D eigenvalue weighted by atomic mass is 10.1. The molecule has 0 saturated heterocycles. The summed E-state index contributed by atoms with van der Waals surface area (Å²) in [5.41, 5.74) is 9.58. The van der Waals surface area contributed by atoms with Gasteiger partial charge in [-0.15, -0.1) is 0 Å². The van der Waals surface area contributed by atoms with Gasteiger partial charge >= 0.3 is 0 Å². The Balaban J connectivity index is 1.60. The SMILES string of the molecule is COc1ccc(/C(N)=N/OCc2cc(-c3ccc(C)cc3)no2)cc1. The number of nitrogens with two attached hydrogens (primary N) is 1. The second-order valence-electron chi connectivity index (χ2n) is 5.52. The average Bonchev–Trinajstić information content (AvgIpc) is 3.11. The van der Waals surface area contributed by atoms with Crippen LogP contribution in [0.5, 0.6) is 5.75 Å². The maximum absolute atomic E-state index is 5.90. The second-order valence-corrected chi connectivity index (χ2v) is 5.52. The van der Waals surface area contributed by atoms with Crippen LogP contribution >= 0.6 is 0 Å². The third kappa shape index (κ3) is 4.17. The van der Waals surface area contributed by atoms with E-state index in [1.807, 2.05) is 61.5 Å². The zero-order chi connectivity index (χ0) is 17.6. The first kappa shape index (κ1) is 16.6. The molecule has 3 rings (SSSR count). The molecule has 2 aromatic carbocycles. The molecule has 0 radical (unpaired) electrons. The van der Waals surface area contributed by atoms with Gasteiger partial charge in [0.1, 0.15) is 11.4 Å². The van der Waals surface area contributed by atoms with Crippen LogP contribution in [-0.2, 0) is 11.4 Å². The molecular formula is C19H19N3O3. The summed E-state index contributed by atoms with van der Waals surface area (Å²) in [5, 5.41) is 7.95. The van der Waals surface area contributed by atoms with Gasteiger partial charge in [-0.05, 0) is 31.2 Å². The van der Waals surface area contributed by atoms with Gasteiger partial charge in [-0.1, -0.05) is 40.1 Å². The largest absolute Gasteiger partial charge is 0.497 e. The number of benzene rings is 2. The molecule has 0 spiro atoms. The second kappa shape index (κ2) is 7.53. The summed E-state index contributed by atoms with van der Waals surface area (Å²) >= 11 is 0. The number of nitrogens with zero attached hydrogens (tertiary/aromatic N) is 2. The molecule has 0 fully saturated rings. The summed E-state index contributed by atoms with van der Waals surface area (Å²) in [5.74, 6) is 1.60. The minimum absolute atomic E-state index is 0.149. The van der Waals surface area contributed by atoms with E-state index < -0.39 is 0 Å². The number of methoxy groups -OCH3 is 1. The Bertz CT molecular complexity index is 852. The van der Waals surface area contributed by atoms with Crippen LogP contribution in [0.25, 0.3) is 11.3 Å². The highest BCUT2D eigenvalue weighted by molar-refractivity contribution is 5.97. The van der Waals surface area contributed by atoms with Crippen molar-refractivity contribution in [2.24, 2.45) is 10.9 Å². The lowest BCUT2D eigenvalue weighted by Gasteiger charge is -2.02. The van der Waals surface area contributed by atoms with Gasteiger partial charge in [0.2, 0.25) is 0 Å². The summed E-state index contributed by atoms with van der Waals surface area (Å²) in [6, 6.07) is 17.1. The molecule has 0 amide bonds. The van der Waals surface area contributed by atoms with Crippen molar-refractivity contribution in [3.63, 3.8) is 0 Å². The van der Waals surface area contributed by atoms with Crippen molar-refractivity contribution in [1.29, 1.82) is 0 Å². The standard InChI is InChI=1S/C19H19N3O3/c1-13-3-5-14(6-4-13)18-11-17(25-21-18)12-24-22-19(20)15-7-9-16(23-2)10-8-15/h3-11H,12H2,1-2H3,(H2,20,22). The zero-order valence-corrected chi connectivity index (χ0v) is 14.1. The summed E-state index contributed by atoms with van der Waals surface area (Å²) in [6.07, 6.45) is 0. The quantitative estimate of drug-likeness (QED) is 0.423. The molecule has 6 nitrogen and oxygen atoms in total. The van der Waals surface area contributed by atoms with Gasteiger partial charge in [0.25, 0.3) is 0 Å². The molecule has 128 valence electrons. The van der Waals surface area contributed by atoms with Crippen LogP contribution in [-0.4, -0.2) is 18.1 Å². The van der Waals surface area contributed by atoms with Gasteiger partial charge in [0.15, 0.2) is 18.2 Å². The van der Waals surface area contributed by atoms with Gasteiger partial charge in [-0.25, -0.2) is 0 Å². The van der Waals surface area contributed by atoms with Crippen molar-refractivity contribution in [2.75, 3.05) is 7.11 Å². The monoisotopic (exact) mass is 337 g/mol. The molecule has 0 saturated carbocycles. The molecule has 0 bridgehead atoms. The van der Waals surface area contributed by atoms with Gasteiger partial charge in [0, 0.05) is 17.2 Å². The molecule has 3 aromatic rings. The molecule has 1 aromatic heterocycles. The Morgan fingerprint density at radius 1 is 1.12 bits per heavy atom. The number of aromatic nitrogens is 1. The fourth-order valence-corrected chi connectivity index (χ4v) is 2.22. The maximum Gasteiger partial charge on any atom is 0.177 e. The molecule has 0 aliphatic carbocycles. The number of aryl methyl sites for hydroxylation is 1. The average molecular weight is 337 g/mol. The van der Waals surface area contributed by atoms with E-state index in [0.29, 0.717) is 5.76 Å². The fourth-order valence-electron chi connectivity index (χ4n) is 2.22. The lowest BCUT2D eigenvalue weighted by molar-refractivity contribution is 0.109. The molecule has 25 heavy (non-hydrogen) atoms. The van der Waals surface area contributed by atoms with Crippen LogP contribution in [0.3, 0.4) is 0 Å². The van der Waals surface area contributed by atoms with E-state index in [4.69, 9.17) is 19.8 Å². The van der Waals surface area contributed by atoms with E-state index >= 15 is 0 Å². The normalized spacial score (nSPS) is 11.4. The predicted molar refractivity (Wildman–Crippen MR) is 95.2 cm³/mol. The highest BCUT2D eigenvalue weighted by atomic mass is 16.6. The lowest BCUT2D eigenvalue weighted by Crippen LogP contribution is -2.13. The molecule has 0 atom stereocenters. The Hall–Kier alpha value is -3.28. The van der Waals surface area contributed by atoms with Gasteiger partial charge in [-0.2, -0.15) is 0 Å². The van der Waals surface area contributed by atoms with E-state index in [9.17, 15) is 0 Å². The van der Waals surface area contributed by atoms with E-state index in [-0.39, 0.29) is 12.4 Å². The minimum atomic E-state index is 0.149. The van der Waals surface area contributed by atoms with Crippen molar-refractivity contribution in [2.45, 2.75) is 13.5 Å². The van der Waals surface area contributed by atoms with Crippen LogP contribution < -0.4 is 10.5 Å². The third-order valence-electron chi connectivity index (χ3n) is 3.66. The Morgan fingerprint density at radius 2 is 1.84 bits per heavy atom. The molecule has 0 aliphatic rings. The minimum Gasteiger partial charge on any atom is -0.497 e. The number of oxime groups is 1. The fraction of sp³-hybridized carbons (Fsp3) is 0.158. The van der Waals surface area contributed by atoms with Crippen LogP contribution in [0.1, 0.15) is 16.9 Å². The molecule has 1 heterocycles. The summed E-state index contributed by atoms with van der Waals surface area (Å²) in [4.78, 5) is 5.26. The smallest absolute Gasteiger partial charge is 0.177 e. The van der Waals surface area contributed by atoms with E-state index in [0.717, 1.165) is 22.6 Å². The number of ether oxygens (including phenoxy) is 1. The predicted octanol–water partition coefficient (Wildman–Crippen LogP) is 3.50. The topological polar surface area (TPSA) is 82.9 Å². The number of rotatable bonds is 6. The first-order valence-corrected chi connectivity index (χ1v) is 7.78. The first-order chi connectivity index (χ1) is 12.2. The van der Waals surface area contributed by atoms with Crippen LogP contribution in [0.15, 0.2) is 64.3 Å². The van der Waals surface area contributed by atoms with Crippen LogP contribution in [0, 0.1) is 6.92 Å². The van der Waals surface area contributed by atoms with E-state index in [1.54, 1.807) is 7.11 Å². The van der Waals surface area contributed by atoms with Crippen LogP contribution in [0.2, 0.25) is 0 Å². The summed E-state index contributed by atoms with van der Waals surface area (Å²) < 4.78 is 10.4. The summed E-state index contributed by atoms with van der Waals surface area (Å²) in [7, 11) is 1.61. The van der Waals surface area contributed by atoms with Crippen LogP contribution in [0.4, 0.5) is 0 Å². The molecular weight excluding hydrogens is 318 g/mol. The van der Waals surface area contributed by atoms with Gasteiger partial charge < -0.3 is 19.8 Å². The molecule has 2 N–H and O–H groups in total. The Kier molecular flexibility index (Phi) is 4.99. The Labute approximate surface area is 145 Å².